The Bertz CT molecular complexity index is 309. The Morgan fingerprint density at radius 3 is 2.58 bits per heavy atom. The molecule has 0 fully saturated rings. The predicted octanol–water partition coefficient (Wildman–Crippen LogP) is 3.41. The highest BCUT2D eigenvalue weighted by Crippen LogP contribution is 2.21. The molecule has 4 heteroatoms. The second-order valence-electron chi connectivity index (χ2n) is 2.18. The lowest BCUT2D eigenvalue weighted by molar-refractivity contribution is 0.102. The van der Waals surface area contributed by atoms with Crippen LogP contribution in [0.5, 0.6) is 0 Å². The molecule has 1 rings (SSSR count). The van der Waals surface area contributed by atoms with Crippen molar-refractivity contribution in [1.82, 2.24) is 0 Å². The normalized spacial score (nSPS) is 9.92. The van der Waals surface area contributed by atoms with Crippen LogP contribution >= 0.6 is 34.8 Å². The number of carbonyl (C=O) groups excluding carboxylic acids is 1. The van der Waals surface area contributed by atoms with Gasteiger partial charge in [-0.05, 0) is 18.2 Å². The van der Waals surface area contributed by atoms with Gasteiger partial charge in [-0.2, -0.15) is 0 Å². The average Bonchev–Trinajstić information content (AvgIpc) is 2.08. The summed E-state index contributed by atoms with van der Waals surface area (Å²) in [5.41, 5.74) is 0.374. The van der Waals surface area contributed by atoms with Gasteiger partial charge in [0.1, 0.15) is 0 Å². The third-order valence-corrected chi connectivity index (χ3v) is 2.16. The zero-order chi connectivity index (χ0) is 9.14. The molecule has 0 saturated heterocycles. The van der Waals surface area contributed by atoms with Crippen molar-refractivity contribution in [1.29, 1.82) is 0 Å². The summed E-state index contributed by atoms with van der Waals surface area (Å²) in [6.07, 6.45) is 0. The molecule has 0 spiro atoms. The summed E-state index contributed by atoms with van der Waals surface area (Å²) in [5.74, 6) is -0.302. The van der Waals surface area contributed by atoms with Crippen LogP contribution in [0.2, 0.25) is 10.0 Å². The van der Waals surface area contributed by atoms with E-state index in [-0.39, 0.29) is 11.7 Å². The van der Waals surface area contributed by atoms with E-state index < -0.39 is 0 Å². The summed E-state index contributed by atoms with van der Waals surface area (Å²) in [6.45, 7) is 0. The van der Waals surface area contributed by atoms with Gasteiger partial charge in [0.2, 0.25) is 0 Å². The number of alkyl halides is 1. The van der Waals surface area contributed by atoms with E-state index in [1.54, 1.807) is 12.1 Å². The van der Waals surface area contributed by atoms with Crippen molar-refractivity contribution in [3.63, 3.8) is 0 Å². The van der Waals surface area contributed by atoms with Crippen LogP contribution in [0.15, 0.2) is 18.2 Å². The maximum absolute atomic E-state index is 11.1. The standard InChI is InChI=1S/C8H5Cl3O/c9-4-8(12)6-3-5(10)1-2-7(6)11/h1-3H,4H2. The molecular formula is C8H5Cl3O. The fraction of sp³-hybridized carbons (Fsp3) is 0.125. The van der Waals surface area contributed by atoms with Crippen molar-refractivity contribution >= 4 is 40.6 Å². The highest BCUT2D eigenvalue weighted by Gasteiger charge is 2.08. The number of halogens is 3. The van der Waals surface area contributed by atoms with Crippen LogP contribution in [0.4, 0.5) is 0 Å². The molecule has 0 heterocycles. The van der Waals surface area contributed by atoms with Gasteiger partial charge in [0.05, 0.1) is 10.9 Å². The maximum Gasteiger partial charge on any atom is 0.179 e. The zero-order valence-electron chi connectivity index (χ0n) is 5.98. The van der Waals surface area contributed by atoms with Gasteiger partial charge in [0.15, 0.2) is 5.78 Å². The van der Waals surface area contributed by atoms with E-state index in [1.807, 2.05) is 0 Å². The van der Waals surface area contributed by atoms with Gasteiger partial charge in [-0.25, -0.2) is 0 Å². The molecule has 0 bridgehead atoms. The monoisotopic (exact) mass is 222 g/mol. The maximum atomic E-state index is 11.1. The number of rotatable bonds is 2. The van der Waals surface area contributed by atoms with E-state index in [2.05, 4.69) is 0 Å². The minimum atomic E-state index is -0.218. The Morgan fingerprint density at radius 1 is 1.33 bits per heavy atom. The van der Waals surface area contributed by atoms with E-state index in [0.29, 0.717) is 15.6 Å². The number of benzene rings is 1. The van der Waals surface area contributed by atoms with Crippen LogP contribution in [-0.2, 0) is 0 Å². The van der Waals surface area contributed by atoms with Crippen molar-refractivity contribution < 1.29 is 4.79 Å². The summed E-state index contributed by atoms with van der Waals surface area (Å²) >= 11 is 16.8. The van der Waals surface area contributed by atoms with E-state index in [0.717, 1.165) is 0 Å². The third kappa shape index (κ3) is 2.13. The van der Waals surface area contributed by atoms with Gasteiger partial charge in [0, 0.05) is 10.6 Å². The highest BCUT2D eigenvalue weighted by atomic mass is 35.5. The molecule has 0 radical (unpaired) electrons. The molecule has 0 aromatic heterocycles. The molecule has 0 aliphatic carbocycles. The average molecular weight is 223 g/mol. The van der Waals surface area contributed by atoms with Crippen molar-refractivity contribution in [3.05, 3.63) is 33.8 Å². The molecule has 0 amide bonds. The highest BCUT2D eigenvalue weighted by molar-refractivity contribution is 6.38. The number of hydrogen-bond donors (Lipinski definition) is 0. The summed E-state index contributed by atoms with van der Waals surface area (Å²) in [4.78, 5) is 11.1. The SMILES string of the molecule is O=C(CCl)c1cc(Cl)ccc1Cl. The van der Waals surface area contributed by atoms with Crippen LogP contribution in [0, 0.1) is 0 Å². The number of Topliss-reactive ketones (excluding diaryl/α,β-unsaturated/α-hetero) is 1. The molecule has 12 heavy (non-hydrogen) atoms. The van der Waals surface area contributed by atoms with Crippen LogP contribution in [0.1, 0.15) is 10.4 Å². The molecule has 0 saturated carbocycles. The van der Waals surface area contributed by atoms with Crippen LogP contribution in [0.25, 0.3) is 0 Å². The molecule has 1 aromatic carbocycles. The molecule has 0 aliphatic rings. The molecular weight excluding hydrogens is 218 g/mol. The Balaban J connectivity index is 3.13. The minimum absolute atomic E-state index is 0.0833. The molecule has 64 valence electrons. The molecule has 0 atom stereocenters. The predicted molar refractivity (Wildman–Crippen MR) is 51.5 cm³/mol. The lowest BCUT2D eigenvalue weighted by Gasteiger charge is -2.00. The fourth-order valence-electron chi connectivity index (χ4n) is 0.783. The van der Waals surface area contributed by atoms with Crippen molar-refractivity contribution in [2.75, 3.05) is 5.88 Å². The van der Waals surface area contributed by atoms with E-state index in [1.165, 1.54) is 6.07 Å². The summed E-state index contributed by atoms with van der Waals surface area (Å²) < 4.78 is 0. The smallest absolute Gasteiger partial charge is 0.179 e. The van der Waals surface area contributed by atoms with Crippen LogP contribution in [0.3, 0.4) is 0 Å². The van der Waals surface area contributed by atoms with E-state index >= 15 is 0 Å². The van der Waals surface area contributed by atoms with Gasteiger partial charge in [-0.1, -0.05) is 23.2 Å². The number of carbonyl (C=O) groups is 1. The quantitative estimate of drug-likeness (QED) is 0.555. The second kappa shape index (κ2) is 4.13. The Morgan fingerprint density at radius 2 is 2.00 bits per heavy atom. The number of hydrogen-bond acceptors (Lipinski definition) is 1. The zero-order valence-corrected chi connectivity index (χ0v) is 8.25. The lowest BCUT2D eigenvalue weighted by atomic mass is 10.1. The molecule has 0 unspecified atom stereocenters. The van der Waals surface area contributed by atoms with Gasteiger partial charge in [-0.15, -0.1) is 11.6 Å². The van der Waals surface area contributed by atoms with Crippen molar-refractivity contribution in [2.45, 2.75) is 0 Å². The fourth-order valence-corrected chi connectivity index (χ4v) is 1.32. The molecule has 1 aromatic rings. The topological polar surface area (TPSA) is 17.1 Å². The van der Waals surface area contributed by atoms with Gasteiger partial charge in [-0.3, -0.25) is 4.79 Å². The first kappa shape index (κ1) is 9.85. The molecule has 0 N–H and O–H groups in total. The first-order valence-electron chi connectivity index (χ1n) is 3.19. The van der Waals surface area contributed by atoms with Crippen molar-refractivity contribution in [2.24, 2.45) is 0 Å². The van der Waals surface area contributed by atoms with E-state index in [9.17, 15) is 4.79 Å². The molecule has 1 nitrogen and oxygen atoms in total. The Hall–Kier alpha value is -0.240. The number of ketones is 1. The Labute approximate surface area is 85.2 Å². The summed E-state index contributed by atoms with van der Waals surface area (Å²) in [6, 6.07) is 4.70. The minimum Gasteiger partial charge on any atom is -0.293 e. The lowest BCUT2D eigenvalue weighted by Crippen LogP contribution is -2.00. The summed E-state index contributed by atoms with van der Waals surface area (Å²) in [7, 11) is 0. The van der Waals surface area contributed by atoms with Gasteiger partial charge >= 0.3 is 0 Å². The van der Waals surface area contributed by atoms with E-state index in [4.69, 9.17) is 34.8 Å². The second-order valence-corrected chi connectivity index (χ2v) is 3.29. The van der Waals surface area contributed by atoms with Crippen LogP contribution in [-0.4, -0.2) is 11.7 Å². The van der Waals surface area contributed by atoms with Gasteiger partial charge in [0.25, 0.3) is 0 Å². The van der Waals surface area contributed by atoms with Crippen LogP contribution < -0.4 is 0 Å². The first-order chi connectivity index (χ1) is 5.65. The largest absolute Gasteiger partial charge is 0.293 e. The summed E-state index contributed by atoms with van der Waals surface area (Å²) in [5, 5.41) is 0.859. The third-order valence-electron chi connectivity index (χ3n) is 1.35. The van der Waals surface area contributed by atoms with Gasteiger partial charge < -0.3 is 0 Å². The first-order valence-corrected chi connectivity index (χ1v) is 4.48. The molecule has 0 aliphatic heterocycles. The Kier molecular flexibility index (Phi) is 3.39. The van der Waals surface area contributed by atoms with Crippen molar-refractivity contribution in [3.8, 4) is 0 Å².